The molecule has 0 fully saturated rings. The highest BCUT2D eigenvalue weighted by Gasteiger charge is 2.18. The van der Waals surface area contributed by atoms with E-state index in [9.17, 15) is 5.11 Å². The summed E-state index contributed by atoms with van der Waals surface area (Å²) < 4.78 is 8.35. The molecule has 1 unspecified atom stereocenters. The number of benzene rings is 2. The lowest BCUT2D eigenvalue weighted by atomic mass is 10.1. The number of hydrogen-bond donors (Lipinski definition) is 2. The molecule has 5 rings (SSSR count). The molecule has 3 heterocycles. The van der Waals surface area contributed by atoms with Crippen LogP contribution < -0.4 is 10.1 Å². The van der Waals surface area contributed by atoms with Crippen LogP contribution >= 0.6 is 11.3 Å². The van der Waals surface area contributed by atoms with Crippen molar-refractivity contribution in [2.75, 3.05) is 11.9 Å². The topological polar surface area (TPSA) is 85.1 Å². The normalized spacial score (nSPS) is 12.1. The van der Waals surface area contributed by atoms with Crippen LogP contribution in [0.15, 0.2) is 72.2 Å². The van der Waals surface area contributed by atoms with Crippen molar-refractivity contribution in [3.8, 4) is 22.8 Å². The quantitative estimate of drug-likeness (QED) is 0.320. The van der Waals surface area contributed by atoms with Crippen LogP contribution in [0.3, 0.4) is 0 Å². The monoisotopic (exact) mass is 457 g/mol. The van der Waals surface area contributed by atoms with Gasteiger partial charge in [0.25, 0.3) is 0 Å². The van der Waals surface area contributed by atoms with Crippen molar-refractivity contribution in [1.82, 2.24) is 19.7 Å². The summed E-state index contributed by atoms with van der Waals surface area (Å²) in [6.07, 6.45) is -1.00. The largest absolute Gasteiger partial charge is 0.494 e. The number of anilines is 1. The molecule has 0 aliphatic rings. The fourth-order valence-electron chi connectivity index (χ4n) is 3.62. The fraction of sp³-hybridized carbons (Fsp3) is 0.160. The number of fused-ring (bicyclic) bond motifs is 1. The van der Waals surface area contributed by atoms with Gasteiger partial charge < -0.3 is 15.2 Å². The van der Waals surface area contributed by atoms with E-state index in [2.05, 4.69) is 21.4 Å². The van der Waals surface area contributed by atoms with Gasteiger partial charge in [0.1, 0.15) is 11.4 Å². The third-order valence-electron chi connectivity index (χ3n) is 5.19. The molecule has 0 aliphatic carbocycles. The molecule has 0 amide bonds. The van der Waals surface area contributed by atoms with E-state index < -0.39 is 6.23 Å². The van der Waals surface area contributed by atoms with Gasteiger partial charge in [0, 0.05) is 16.9 Å². The van der Waals surface area contributed by atoms with Crippen LogP contribution in [-0.4, -0.2) is 31.5 Å². The lowest BCUT2D eigenvalue weighted by Crippen LogP contribution is -2.11. The van der Waals surface area contributed by atoms with E-state index in [0.29, 0.717) is 18.1 Å². The highest BCUT2D eigenvalue weighted by molar-refractivity contribution is 7.16. The first-order valence-electron chi connectivity index (χ1n) is 10.7. The number of ether oxygens (including phenoxy) is 1. The predicted molar refractivity (Wildman–Crippen MR) is 131 cm³/mol. The second kappa shape index (κ2) is 9.01. The van der Waals surface area contributed by atoms with Gasteiger partial charge in [0.2, 0.25) is 0 Å². The Morgan fingerprint density at radius 3 is 2.73 bits per heavy atom. The van der Waals surface area contributed by atoms with Gasteiger partial charge in [-0.25, -0.2) is 14.6 Å². The molecule has 3 aromatic heterocycles. The maximum Gasteiger partial charge on any atom is 0.169 e. The van der Waals surface area contributed by atoms with Crippen LogP contribution in [0.5, 0.6) is 5.75 Å². The molecule has 33 heavy (non-hydrogen) atoms. The Labute approximate surface area is 195 Å². The minimum atomic E-state index is -1.00. The summed E-state index contributed by atoms with van der Waals surface area (Å²) in [4.78, 5) is 9.01. The molecular formula is C25H23N5O2S. The number of thiazole rings is 1. The van der Waals surface area contributed by atoms with Crippen LogP contribution in [0, 0.1) is 6.92 Å². The smallest absolute Gasteiger partial charge is 0.169 e. The van der Waals surface area contributed by atoms with Crippen molar-refractivity contribution in [2.24, 2.45) is 0 Å². The first kappa shape index (κ1) is 21.1. The van der Waals surface area contributed by atoms with Crippen molar-refractivity contribution < 1.29 is 9.84 Å². The second-order valence-corrected chi connectivity index (χ2v) is 8.43. The average molecular weight is 458 g/mol. The van der Waals surface area contributed by atoms with Crippen molar-refractivity contribution >= 4 is 27.2 Å². The van der Waals surface area contributed by atoms with Crippen molar-refractivity contribution in [3.63, 3.8) is 0 Å². The molecule has 2 aromatic carbocycles. The maximum atomic E-state index is 10.9. The summed E-state index contributed by atoms with van der Waals surface area (Å²) in [6, 6.07) is 21.3. The first-order chi connectivity index (χ1) is 16.1. The number of aliphatic hydroxyl groups excluding tert-OH is 1. The van der Waals surface area contributed by atoms with Crippen LogP contribution in [0.1, 0.15) is 24.5 Å². The number of rotatable bonds is 7. The van der Waals surface area contributed by atoms with E-state index in [0.717, 1.165) is 38.6 Å². The van der Waals surface area contributed by atoms with Gasteiger partial charge in [-0.3, -0.25) is 0 Å². The zero-order valence-corrected chi connectivity index (χ0v) is 19.1. The number of aryl methyl sites for hydroxylation is 1. The minimum Gasteiger partial charge on any atom is -0.494 e. The Balaban J connectivity index is 1.52. The molecule has 0 aliphatic heterocycles. The summed E-state index contributed by atoms with van der Waals surface area (Å²) in [6.45, 7) is 4.49. The van der Waals surface area contributed by atoms with E-state index in [1.807, 2.05) is 80.0 Å². The molecule has 0 saturated carbocycles. The van der Waals surface area contributed by atoms with Crippen LogP contribution in [-0.2, 0) is 0 Å². The molecule has 1 atom stereocenters. The average Bonchev–Trinajstić information content (AvgIpc) is 3.47. The summed E-state index contributed by atoms with van der Waals surface area (Å²) >= 11 is 1.59. The molecule has 5 aromatic rings. The molecule has 166 valence electrons. The molecule has 8 heteroatoms. The summed E-state index contributed by atoms with van der Waals surface area (Å²) in [5, 5.41) is 18.7. The van der Waals surface area contributed by atoms with Gasteiger partial charge in [-0.2, -0.15) is 5.10 Å². The van der Waals surface area contributed by atoms with Gasteiger partial charge in [-0.15, -0.1) is 11.3 Å². The highest BCUT2D eigenvalue weighted by Crippen LogP contribution is 2.30. The van der Waals surface area contributed by atoms with Crippen molar-refractivity contribution in [3.05, 3.63) is 83.6 Å². The number of pyridine rings is 1. The van der Waals surface area contributed by atoms with Crippen LogP contribution in [0.2, 0.25) is 0 Å². The Bertz CT molecular complexity index is 1390. The van der Waals surface area contributed by atoms with E-state index >= 15 is 0 Å². The molecular weight excluding hydrogens is 434 g/mol. The Morgan fingerprint density at radius 2 is 1.94 bits per heavy atom. The summed E-state index contributed by atoms with van der Waals surface area (Å²) in [5.74, 6) is 1.47. The zero-order valence-electron chi connectivity index (χ0n) is 18.3. The third-order valence-corrected chi connectivity index (χ3v) is 5.99. The van der Waals surface area contributed by atoms with Crippen LogP contribution in [0.4, 0.5) is 5.69 Å². The van der Waals surface area contributed by atoms with E-state index in [4.69, 9.17) is 9.84 Å². The summed E-state index contributed by atoms with van der Waals surface area (Å²) in [7, 11) is 0. The molecule has 0 bridgehead atoms. The fourth-order valence-corrected chi connectivity index (χ4v) is 4.34. The molecule has 0 radical (unpaired) electrons. The lowest BCUT2D eigenvalue weighted by molar-refractivity contribution is 0.202. The van der Waals surface area contributed by atoms with E-state index in [1.165, 1.54) is 0 Å². The number of aromatic nitrogens is 4. The van der Waals surface area contributed by atoms with E-state index in [1.54, 1.807) is 16.0 Å². The lowest BCUT2D eigenvalue weighted by Gasteiger charge is -2.12. The third kappa shape index (κ3) is 4.44. The number of aliphatic hydroxyl groups is 1. The molecule has 2 N–H and O–H groups in total. The van der Waals surface area contributed by atoms with Gasteiger partial charge in [0.15, 0.2) is 12.0 Å². The SMILES string of the molecule is CCOc1ccc(NC(O)c2cc(-c3ccc4ncsc4c3)n(-c3cccc(C)n3)n2)cc1. The first-order valence-corrected chi connectivity index (χ1v) is 11.5. The Kier molecular flexibility index (Phi) is 5.77. The molecule has 0 saturated heterocycles. The van der Waals surface area contributed by atoms with Crippen molar-refractivity contribution in [2.45, 2.75) is 20.1 Å². The van der Waals surface area contributed by atoms with Crippen molar-refractivity contribution in [1.29, 1.82) is 0 Å². The van der Waals surface area contributed by atoms with Gasteiger partial charge >= 0.3 is 0 Å². The second-order valence-electron chi connectivity index (χ2n) is 7.54. The van der Waals surface area contributed by atoms with Gasteiger partial charge in [-0.05, 0) is 68.4 Å². The van der Waals surface area contributed by atoms with Gasteiger partial charge in [0.05, 0.1) is 28.0 Å². The van der Waals surface area contributed by atoms with Crippen LogP contribution in [0.25, 0.3) is 27.3 Å². The number of hydrogen-bond acceptors (Lipinski definition) is 7. The standard InChI is InChI=1S/C25H23N5O2S/c1-3-32-19-10-8-18(9-11-19)28-25(31)21-14-22(17-7-12-20-23(13-17)33-15-26-20)30(29-21)24-6-4-5-16(2)27-24/h4-15,25,28,31H,3H2,1-2H3. The summed E-state index contributed by atoms with van der Waals surface area (Å²) in [5.41, 5.74) is 6.76. The number of nitrogens with one attached hydrogen (secondary N) is 1. The van der Waals surface area contributed by atoms with E-state index in [-0.39, 0.29) is 0 Å². The predicted octanol–water partition coefficient (Wildman–Crippen LogP) is 5.35. The Morgan fingerprint density at radius 1 is 1.09 bits per heavy atom. The van der Waals surface area contributed by atoms with Gasteiger partial charge in [-0.1, -0.05) is 12.1 Å². The number of nitrogens with zero attached hydrogens (tertiary/aromatic N) is 4. The Hall–Kier alpha value is -3.75. The highest BCUT2D eigenvalue weighted by atomic mass is 32.1. The molecule has 7 nitrogen and oxygen atoms in total. The minimum absolute atomic E-state index is 0.492. The zero-order chi connectivity index (χ0) is 22.8. The molecule has 0 spiro atoms. The maximum absolute atomic E-state index is 10.9.